The van der Waals surface area contributed by atoms with E-state index >= 15 is 0 Å². The van der Waals surface area contributed by atoms with Gasteiger partial charge in [-0.15, -0.1) is 0 Å². The molecule has 1 aliphatic rings. The Morgan fingerprint density at radius 2 is 2.26 bits per heavy atom. The highest BCUT2D eigenvalue weighted by molar-refractivity contribution is 5.86. The van der Waals surface area contributed by atoms with Crippen LogP contribution in [-0.2, 0) is 4.79 Å². The van der Waals surface area contributed by atoms with E-state index in [1.54, 1.807) is 6.07 Å². The molecule has 0 atom stereocenters. The number of amides is 1. The Morgan fingerprint density at radius 3 is 3.00 bits per heavy atom. The fourth-order valence-electron chi connectivity index (χ4n) is 1.89. The molecule has 6 heteroatoms. The lowest BCUT2D eigenvalue weighted by molar-refractivity contribution is -0.122. The first kappa shape index (κ1) is 11.8. The number of carbonyl (C=O) groups excluding carboxylic acids is 1. The lowest BCUT2D eigenvalue weighted by Gasteiger charge is -2.03. The van der Waals surface area contributed by atoms with Gasteiger partial charge in [-0.25, -0.2) is 0 Å². The second-order valence-electron chi connectivity index (χ2n) is 4.71. The van der Waals surface area contributed by atoms with Crippen LogP contribution in [0.1, 0.15) is 12.8 Å². The van der Waals surface area contributed by atoms with Crippen LogP contribution in [0.15, 0.2) is 22.6 Å². The van der Waals surface area contributed by atoms with Gasteiger partial charge in [0.2, 0.25) is 5.91 Å². The number of aromatic nitrogens is 1. The van der Waals surface area contributed by atoms with Crippen molar-refractivity contribution >= 4 is 28.7 Å². The molecule has 1 heterocycles. The molecule has 0 aliphatic heterocycles. The minimum atomic E-state index is 0.142. The van der Waals surface area contributed by atoms with Crippen LogP contribution in [0, 0.1) is 5.92 Å². The average Bonchev–Trinajstić information content (AvgIpc) is 3.16. The first-order valence-corrected chi connectivity index (χ1v) is 6.40. The Bertz CT molecular complexity index is 604. The molecule has 0 unspecified atom stereocenters. The summed E-state index contributed by atoms with van der Waals surface area (Å²) < 4.78 is 5.50. The molecule has 1 fully saturated rings. The molecule has 0 radical (unpaired) electrons. The number of nitrogens with zero attached hydrogens (tertiary/aromatic N) is 1. The minimum Gasteiger partial charge on any atom is -0.423 e. The molecule has 1 amide bonds. The molecule has 2 aromatic rings. The van der Waals surface area contributed by atoms with Crippen LogP contribution >= 0.6 is 0 Å². The third kappa shape index (κ3) is 2.62. The van der Waals surface area contributed by atoms with Crippen molar-refractivity contribution in [3.63, 3.8) is 0 Å². The zero-order valence-corrected chi connectivity index (χ0v) is 10.5. The summed E-state index contributed by atoms with van der Waals surface area (Å²) in [7, 11) is 0. The first-order chi connectivity index (χ1) is 9.24. The Balaban J connectivity index is 1.53. The molecule has 3 rings (SSSR count). The summed E-state index contributed by atoms with van der Waals surface area (Å²) in [5, 5.41) is 5.89. The van der Waals surface area contributed by atoms with Gasteiger partial charge in [0.05, 0.1) is 5.69 Å². The molecule has 1 aliphatic carbocycles. The second-order valence-corrected chi connectivity index (χ2v) is 4.71. The molecule has 0 bridgehead atoms. The van der Waals surface area contributed by atoms with Crippen LogP contribution in [0.3, 0.4) is 0 Å². The number of nitrogens with two attached hydrogens (primary N) is 1. The molecule has 19 heavy (non-hydrogen) atoms. The van der Waals surface area contributed by atoms with Crippen LogP contribution in [0.2, 0.25) is 0 Å². The number of para-hydroxylation sites is 1. The highest BCUT2D eigenvalue weighted by Gasteiger charge is 2.28. The third-order valence-corrected chi connectivity index (χ3v) is 3.10. The molecular weight excluding hydrogens is 244 g/mol. The van der Waals surface area contributed by atoms with E-state index in [1.807, 2.05) is 12.1 Å². The van der Waals surface area contributed by atoms with Gasteiger partial charge in [-0.05, 0) is 25.0 Å². The Morgan fingerprint density at radius 1 is 1.42 bits per heavy atom. The number of fused-ring (bicyclic) bond motifs is 1. The topological polar surface area (TPSA) is 93.2 Å². The second kappa shape index (κ2) is 4.79. The lowest BCUT2D eigenvalue weighted by atomic mass is 10.3. The van der Waals surface area contributed by atoms with Gasteiger partial charge < -0.3 is 20.8 Å². The van der Waals surface area contributed by atoms with Crippen LogP contribution in [-0.4, -0.2) is 24.0 Å². The van der Waals surface area contributed by atoms with Gasteiger partial charge in [0.1, 0.15) is 5.52 Å². The smallest absolute Gasteiger partial charge is 0.295 e. The van der Waals surface area contributed by atoms with Gasteiger partial charge in [-0.2, -0.15) is 4.98 Å². The van der Waals surface area contributed by atoms with Crippen molar-refractivity contribution in [2.24, 2.45) is 5.92 Å². The Labute approximate surface area is 110 Å². The van der Waals surface area contributed by atoms with Gasteiger partial charge >= 0.3 is 0 Å². The normalized spacial score (nSPS) is 14.5. The molecule has 1 saturated carbocycles. The van der Waals surface area contributed by atoms with Crippen LogP contribution in [0.4, 0.5) is 11.7 Å². The predicted octanol–water partition coefficient (Wildman–Crippen LogP) is 1.35. The number of carbonyl (C=O) groups is 1. The number of benzene rings is 1. The average molecular weight is 260 g/mol. The summed E-state index contributed by atoms with van der Waals surface area (Å²) in [6.07, 6.45) is 2.04. The lowest BCUT2D eigenvalue weighted by Crippen LogP contribution is -2.29. The van der Waals surface area contributed by atoms with Crippen molar-refractivity contribution in [1.82, 2.24) is 10.3 Å². The van der Waals surface area contributed by atoms with Crippen LogP contribution < -0.4 is 16.4 Å². The van der Waals surface area contributed by atoms with E-state index in [1.165, 1.54) is 0 Å². The largest absolute Gasteiger partial charge is 0.423 e. The van der Waals surface area contributed by atoms with Crippen molar-refractivity contribution < 1.29 is 9.21 Å². The number of rotatable bonds is 5. The van der Waals surface area contributed by atoms with E-state index < -0.39 is 0 Å². The van der Waals surface area contributed by atoms with E-state index in [2.05, 4.69) is 15.6 Å². The van der Waals surface area contributed by atoms with E-state index in [4.69, 9.17) is 10.2 Å². The number of nitrogen functional groups attached to an aromatic ring is 1. The SMILES string of the molecule is Nc1cccc2oc(NCCNC(=O)C3CC3)nc12. The van der Waals surface area contributed by atoms with E-state index in [0.717, 1.165) is 12.8 Å². The Kier molecular flexibility index (Phi) is 2.98. The maximum Gasteiger partial charge on any atom is 0.295 e. The summed E-state index contributed by atoms with van der Waals surface area (Å²) in [6, 6.07) is 5.85. The van der Waals surface area contributed by atoms with Gasteiger partial charge in [-0.3, -0.25) is 4.79 Å². The molecule has 6 nitrogen and oxygen atoms in total. The molecule has 1 aromatic heterocycles. The highest BCUT2D eigenvalue weighted by atomic mass is 16.4. The van der Waals surface area contributed by atoms with Crippen molar-refractivity contribution in [2.45, 2.75) is 12.8 Å². The zero-order chi connectivity index (χ0) is 13.2. The van der Waals surface area contributed by atoms with Gasteiger partial charge in [0, 0.05) is 19.0 Å². The number of anilines is 2. The molecule has 1 aromatic carbocycles. The number of nitrogens with one attached hydrogen (secondary N) is 2. The fraction of sp³-hybridized carbons (Fsp3) is 0.385. The quantitative estimate of drug-likeness (QED) is 0.557. The Hall–Kier alpha value is -2.24. The highest BCUT2D eigenvalue weighted by Crippen LogP contribution is 2.28. The van der Waals surface area contributed by atoms with Crippen LogP contribution in [0.5, 0.6) is 0 Å². The van der Waals surface area contributed by atoms with E-state index in [-0.39, 0.29) is 11.8 Å². The zero-order valence-electron chi connectivity index (χ0n) is 10.5. The number of hydrogen-bond acceptors (Lipinski definition) is 5. The fourth-order valence-corrected chi connectivity index (χ4v) is 1.89. The summed E-state index contributed by atoms with van der Waals surface area (Å²) in [5.74, 6) is 0.382. The third-order valence-electron chi connectivity index (χ3n) is 3.10. The standard InChI is InChI=1S/C13H16N4O2/c14-9-2-1-3-10-11(9)17-13(19-10)16-7-6-15-12(18)8-4-5-8/h1-3,8H,4-7,14H2,(H,15,18)(H,16,17). The summed E-state index contributed by atoms with van der Waals surface area (Å²) >= 11 is 0. The van der Waals surface area contributed by atoms with Crippen LogP contribution in [0.25, 0.3) is 11.1 Å². The predicted molar refractivity (Wildman–Crippen MR) is 72.6 cm³/mol. The van der Waals surface area contributed by atoms with Gasteiger partial charge in [-0.1, -0.05) is 6.07 Å². The van der Waals surface area contributed by atoms with Crippen molar-refractivity contribution in [2.75, 3.05) is 24.1 Å². The van der Waals surface area contributed by atoms with E-state index in [9.17, 15) is 4.79 Å². The summed E-state index contributed by atoms with van der Waals surface area (Å²) in [4.78, 5) is 15.7. The maximum atomic E-state index is 11.4. The minimum absolute atomic E-state index is 0.142. The molecule has 0 spiro atoms. The van der Waals surface area contributed by atoms with Crippen molar-refractivity contribution in [3.05, 3.63) is 18.2 Å². The maximum absolute atomic E-state index is 11.4. The number of hydrogen-bond donors (Lipinski definition) is 3. The number of oxazole rings is 1. The summed E-state index contributed by atoms with van der Waals surface area (Å²) in [5.41, 5.74) is 7.71. The molecule has 0 saturated heterocycles. The first-order valence-electron chi connectivity index (χ1n) is 6.40. The van der Waals surface area contributed by atoms with Crippen molar-refractivity contribution in [1.29, 1.82) is 0 Å². The van der Waals surface area contributed by atoms with E-state index in [0.29, 0.717) is 35.9 Å². The monoisotopic (exact) mass is 260 g/mol. The van der Waals surface area contributed by atoms with Gasteiger partial charge in [0.25, 0.3) is 6.01 Å². The van der Waals surface area contributed by atoms with Crippen molar-refractivity contribution in [3.8, 4) is 0 Å². The molecule has 100 valence electrons. The van der Waals surface area contributed by atoms with Gasteiger partial charge in [0.15, 0.2) is 5.58 Å². The molecule has 4 N–H and O–H groups in total. The summed E-state index contributed by atoms with van der Waals surface area (Å²) in [6.45, 7) is 1.13. The molecular formula is C13H16N4O2.